The molecule has 0 aromatic carbocycles. The average molecular weight is 404 g/mol. The Morgan fingerprint density at radius 2 is 1.83 bits per heavy atom. The van der Waals surface area contributed by atoms with Crippen molar-refractivity contribution < 1.29 is 0 Å². The molecule has 2 fully saturated rings. The zero-order valence-corrected chi connectivity index (χ0v) is 17.6. The molecule has 5 nitrogen and oxygen atoms in total. The minimum Gasteiger partial charge on any atom is -0.352 e. The predicted octanol–water partition coefficient (Wildman–Crippen LogP) is 4.40. The van der Waals surface area contributed by atoms with Crippen LogP contribution < -0.4 is 5.32 Å². The molecular formula is C23H25N5S. The maximum Gasteiger partial charge on any atom is 0.170 e. The maximum absolute atomic E-state index is 5.79. The molecule has 0 spiro atoms. The smallest absolute Gasteiger partial charge is 0.170 e. The van der Waals surface area contributed by atoms with Crippen molar-refractivity contribution in [3.63, 3.8) is 0 Å². The number of rotatable bonds is 5. The minimum atomic E-state index is 0.0144. The van der Waals surface area contributed by atoms with Gasteiger partial charge in [0.05, 0.1) is 30.0 Å². The summed E-state index contributed by atoms with van der Waals surface area (Å²) in [6.07, 6.45) is 6.25. The van der Waals surface area contributed by atoms with Gasteiger partial charge in [-0.3, -0.25) is 9.97 Å². The normalized spacial score (nSPS) is 21.4. The average Bonchev–Trinajstić information content (AvgIpc) is 3.46. The lowest BCUT2D eigenvalue weighted by molar-refractivity contribution is 0.307. The first kappa shape index (κ1) is 18.3. The standard InChI is InChI=1S/C23H25N5S/c1-15-13-19(16(2)28(15)18-9-10-18)22-21(20-8-4-6-12-25-20)26-23(29)27(22)14-17-7-3-5-11-24-17/h3-8,11-13,18,21-22H,9-10,14H2,1-2H3,(H,26,29)/t21-,22-/m0/s1. The van der Waals surface area contributed by atoms with Gasteiger partial charge in [0.2, 0.25) is 0 Å². The lowest BCUT2D eigenvalue weighted by Crippen LogP contribution is -2.29. The molecular weight excluding hydrogens is 378 g/mol. The molecule has 1 aliphatic heterocycles. The molecule has 1 saturated carbocycles. The molecule has 1 aliphatic carbocycles. The molecule has 3 aromatic heterocycles. The molecule has 1 saturated heterocycles. The first-order chi connectivity index (χ1) is 14.1. The van der Waals surface area contributed by atoms with E-state index in [9.17, 15) is 0 Å². The summed E-state index contributed by atoms with van der Waals surface area (Å²) in [7, 11) is 0. The van der Waals surface area contributed by atoms with Crippen molar-refractivity contribution in [2.45, 2.75) is 51.4 Å². The first-order valence-electron chi connectivity index (χ1n) is 10.2. The quantitative estimate of drug-likeness (QED) is 0.640. The van der Waals surface area contributed by atoms with Gasteiger partial charge in [-0.1, -0.05) is 12.1 Å². The highest BCUT2D eigenvalue weighted by molar-refractivity contribution is 7.80. The Bertz CT molecular complexity index is 1030. The highest BCUT2D eigenvalue weighted by Crippen LogP contribution is 2.44. The van der Waals surface area contributed by atoms with Gasteiger partial charge in [-0.2, -0.15) is 0 Å². The van der Waals surface area contributed by atoms with E-state index in [4.69, 9.17) is 12.2 Å². The van der Waals surface area contributed by atoms with Crippen LogP contribution in [0, 0.1) is 13.8 Å². The SMILES string of the molecule is Cc1cc([C@H]2[C@H](c3ccccn3)NC(=S)N2Cc2ccccn2)c(C)n1C1CC1. The van der Waals surface area contributed by atoms with Crippen molar-refractivity contribution in [3.05, 3.63) is 83.2 Å². The summed E-state index contributed by atoms with van der Waals surface area (Å²) in [5, 5.41) is 4.30. The fourth-order valence-electron chi connectivity index (χ4n) is 4.58. The van der Waals surface area contributed by atoms with Crippen LogP contribution in [0.3, 0.4) is 0 Å². The molecule has 4 heterocycles. The van der Waals surface area contributed by atoms with Crippen LogP contribution in [0.2, 0.25) is 0 Å². The number of hydrogen-bond donors (Lipinski definition) is 1. The molecule has 148 valence electrons. The van der Waals surface area contributed by atoms with E-state index in [1.54, 1.807) is 0 Å². The molecule has 5 rings (SSSR count). The van der Waals surface area contributed by atoms with Gasteiger partial charge in [-0.05, 0) is 74.8 Å². The molecule has 1 N–H and O–H groups in total. The number of nitrogens with zero attached hydrogens (tertiary/aromatic N) is 4. The van der Waals surface area contributed by atoms with Gasteiger partial charge in [0.25, 0.3) is 0 Å². The number of nitrogens with one attached hydrogen (secondary N) is 1. The van der Waals surface area contributed by atoms with Crippen LogP contribution in [0.25, 0.3) is 0 Å². The monoisotopic (exact) mass is 403 g/mol. The third kappa shape index (κ3) is 3.31. The third-order valence-electron chi connectivity index (χ3n) is 6.01. The Hall–Kier alpha value is -2.73. The Morgan fingerprint density at radius 3 is 2.48 bits per heavy atom. The van der Waals surface area contributed by atoms with Crippen molar-refractivity contribution in [1.29, 1.82) is 0 Å². The van der Waals surface area contributed by atoms with Gasteiger partial charge >= 0.3 is 0 Å². The van der Waals surface area contributed by atoms with Gasteiger partial charge in [-0.25, -0.2) is 0 Å². The summed E-state index contributed by atoms with van der Waals surface area (Å²) in [6, 6.07) is 15.2. The molecule has 3 aromatic rings. The van der Waals surface area contributed by atoms with Crippen molar-refractivity contribution in [1.82, 2.24) is 24.8 Å². The van der Waals surface area contributed by atoms with Crippen LogP contribution in [-0.4, -0.2) is 24.5 Å². The van der Waals surface area contributed by atoms with Crippen molar-refractivity contribution in [2.75, 3.05) is 0 Å². The predicted molar refractivity (Wildman–Crippen MR) is 117 cm³/mol. The van der Waals surface area contributed by atoms with E-state index in [1.165, 1.54) is 29.8 Å². The molecule has 0 bridgehead atoms. The highest BCUT2D eigenvalue weighted by atomic mass is 32.1. The molecule has 2 atom stereocenters. The molecule has 29 heavy (non-hydrogen) atoms. The van der Waals surface area contributed by atoms with Crippen molar-refractivity contribution in [3.8, 4) is 0 Å². The maximum atomic E-state index is 5.79. The van der Waals surface area contributed by atoms with E-state index in [2.05, 4.69) is 56.8 Å². The second-order valence-corrected chi connectivity index (χ2v) is 8.39. The molecule has 0 radical (unpaired) electrons. The van der Waals surface area contributed by atoms with Gasteiger partial charge in [0.1, 0.15) is 0 Å². The molecule has 0 unspecified atom stereocenters. The van der Waals surface area contributed by atoms with Crippen LogP contribution in [0.4, 0.5) is 0 Å². The Labute approximate surface area is 176 Å². The van der Waals surface area contributed by atoms with Crippen molar-refractivity contribution >= 4 is 17.3 Å². The van der Waals surface area contributed by atoms with Crippen LogP contribution in [0.5, 0.6) is 0 Å². The zero-order valence-electron chi connectivity index (χ0n) is 16.7. The van der Waals surface area contributed by atoms with E-state index in [1.807, 2.05) is 36.7 Å². The van der Waals surface area contributed by atoms with Crippen molar-refractivity contribution in [2.24, 2.45) is 0 Å². The summed E-state index contributed by atoms with van der Waals surface area (Å²) in [6.45, 7) is 5.14. The Kier molecular flexibility index (Phi) is 4.59. The van der Waals surface area contributed by atoms with E-state index >= 15 is 0 Å². The number of hydrogen-bond acceptors (Lipinski definition) is 3. The summed E-state index contributed by atoms with van der Waals surface area (Å²) in [5.74, 6) is 0. The fraction of sp³-hybridized carbons (Fsp3) is 0.348. The largest absolute Gasteiger partial charge is 0.352 e. The Balaban J connectivity index is 1.59. The van der Waals surface area contributed by atoms with E-state index in [0.29, 0.717) is 12.6 Å². The summed E-state index contributed by atoms with van der Waals surface area (Å²) < 4.78 is 2.51. The van der Waals surface area contributed by atoms with Gasteiger partial charge in [-0.15, -0.1) is 0 Å². The minimum absolute atomic E-state index is 0.0144. The van der Waals surface area contributed by atoms with Crippen LogP contribution in [0.1, 0.15) is 59.3 Å². The first-order valence-corrected chi connectivity index (χ1v) is 10.6. The van der Waals surface area contributed by atoms with Crippen LogP contribution in [-0.2, 0) is 6.54 Å². The number of aromatic nitrogens is 3. The van der Waals surface area contributed by atoms with Crippen LogP contribution in [0.15, 0.2) is 54.9 Å². The van der Waals surface area contributed by atoms with Gasteiger partial charge in [0, 0.05) is 29.8 Å². The number of pyridine rings is 2. The highest BCUT2D eigenvalue weighted by Gasteiger charge is 2.42. The fourth-order valence-corrected chi connectivity index (χ4v) is 4.88. The Morgan fingerprint density at radius 1 is 1.07 bits per heavy atom. The number of thiocarbonyl (C=S) groups is 1. The van der Waals surface area contributed by atoms with E-state index < -0.39 is 0 Å². The van der Waals surface area contributed by atoms with Gasteiger partial charge in [0.15, 0.2) is 5.11 Å². The zero-order chi connectivity index (χ0) is 20.0. The summed E-state index contributed by atoms with van der Waals surface area (Å²) in [5.41, 5.74) is 6.02. The lowest BCUT2D eigenvalue weighted by Gasteiger charge is -2.28. The topological polar surface area (TPSA) is 46.0 Å². The van der Waals surface area contributed by atoms with E-state index in [-0.39, 0.29) is 12.1 Å². The second-order valence-electron chi connectivity index (χ2n) is 8.00. The van der Waals surface area contributed by atoms with Crippen LogP contribution >= 0.6 is 12.2 Å². The summed E-state index contributed by atoms with van der Waals surface area (Å²) in [4.78, 5) is 11.5. The lowest BCUT2D eigenvalue weighted by atomic mass is 9.96. The molecule has 0 amide bonds. The van der Waals surface area contributed by atoms with Gasteiger partial charge < -0.3 is 14.8 Å². The molecule has 2 aliphatic rings. The summed E-state index contributed by atoms with van der Waals surface area (Å²) >= 11 is 5.79. The van der Waals surface area contributed by atoms with E-state index in [0.717, 1.165) is 16.5 Å². The number of aryl methyl sites for hydroxylation is 1. The molecule has 6 heteroatoms. The third-order valence-corrected chi connectivity index (χ3v) is 6.36. The second kappa shape index (κ2) is 7.26.